The summed E-state index contributed by atoms with van der Waals surface area (Å²) in [6, 6.07) is 0. The fourth-order valence-corrected chi connectivity index (χ4v) is 3.20. The van der Waals surface area contributed by atoms with Gasteiger partial charge in [-0.25, -0.2) is 0 Å². The Labute approximate surface area is 145 Å². The van der Waals surface area contributed by atoms with Crippen molar-refractivity contribution in [2.75, 3.05) is 13.2 Å². The van der Waals surface area contributed by atoms with Crippen LogP contribution in [0, 0.1) is 5.92 Å². The van der Waals surface area contributed by atoms with Crippen molar-refractivity contribution in [3.05, 3.63) is 0 Å². The van der Waals surface area contributed by atoms with Crippen LogP contribution in [0.25, 0.3) is 0 Å². The normalized spacial score (nSPS) is 14.1. The average Bonchev–Trinajstić information content (AvgIpc) is 2.58. The summed E-state index contributed by atoms with van der Waals surface area (Å²) < 4.78 is 0. The first kappa shape index (κ1) is 22.9. The average molecular weight is 330 g/mol. The molecule has 0 aliphatic carbocycles. The van der Waals surface area contributed by atoms with Gasteiger partial charge in [-0.3, -0.25) is 0 Å². The highest BCUT2D eigenvalue weighted by Gasteiger charge is 2.15. The molecule has 2 unspecified atom stereocenters. The molecule has 3 nitrogen and oxygen atoms in total. The minimum Gasteiger partial charge on any atom is -0.396 e. The molecule has 4 N–H and O–H groups in total. The van der Waals surface area contributed by atoms with Crippen LogP contribution in [0.15, 0.2) is 0 Å². The Bertz CT molecular complexity index is 224. The van der Waals surface area contributed by atoms with Gasteiger partial charge in [-0.2, -0.15) is 0 Å². The molecule has 0 heterocycles. The lowest BCUT2D eigenvalue weighted by Crippen LogP contribution is -2.31. The fraction of sp³-hybridized carbons (Fsp3) is 1.00. The van der Waals surface area contributed by atoms with Crippen molar-refractivity contribution < 1.29 is 10.2 Å². The van der Waals surface area contributed by atoms with Crippen LogP contribution in [-0.2, 0) is 0 Å². The summed E-state index contributed by atoms with van der Waals surface area (Å²) in [6.07, 6.45) is 19.3. The number of unbranched alkanes of at least 4 members (excludes halogenated alkanes) is 13. The molecule has 2 atom stereocenters. The largest absolute Gasteiger partial charge is 0.396 e. The lowest BCUT2D eigenvalue weighted by molar-refractivity contribution is 0.0669. The first-order valence-corrected chi connectivity index (χ1v) is 10.2. The second-order valence-corrected chi connectivity index (χ2v) is 7.13. The van der Waals surface area contributed by atoms with Gasteiger partial charge in [-0.15, -0.1) is 0 Å². The summed E-state index contributed by atoms with van der Waals surface area (Å²) in [7, 11) is 0. The van der Waals surface area contributed by atoms with Crippen molar-refractivity contribution in [2.45, 2.75) is 109 Å². The van der Waals surface area contributed by atoms with Crippen molar-refractivity contribution in [2.24, 2.45) is 11.7 Å². The topological polar surface area (TPSA) is 66.5 Å². The Balaban J connectivity index is 3.18. The highest BCUT2D eigenvalue weighted by atomic mass is 16.3. The second kappa shape index (κ2) is 18.2. The summed E-state index contributed by atoms with van der Waals surface area (Å²) in [5, 5.41) is 18.9. The molecule has 0 aliphatic heterocycles. The Morgan fingerprint density at radius 2 is 1.09 bits per heavy atom. The van der Waals surface area contributed by atoms with E-state index in [2.05, 4.69) is 6.92 Å². The minimum absolute atomic E-state index is 0.0303. The smallest absolute Gasteiger partial charge is 0.0712 e. The third-order valence-electron chi connectivity index (χ3n) is 4.95. The van der Waals surface area contributed by atoms with Gasteiger partial charge in [-0.1, -0.05) is 96.8 Å². The summed E-state index contributed by atoms with van der Waals surface area (Å²) in [5.41, 5.74) is 5.44. The summed E-state index contributed by atoms with van der Waals surface area (Å²) >= 11 is 0. The predicted octanol–water partition coefficient (Wildman–Crippen LogP) is 4.79. The van der Waals surface area contributed by atoms with Crippen LogP contribution in [0.5, 0.6) is 0 Å². The Morgan fingerprint density at radius 1 is 0.696 bits per heavy atom. The zero-order chi connectivity index (χ0) is 17.2. The molecular formula is C20H43NO2. The van der Waals surface area contributed by atoms with Crippen LogP contribution in [-0.4, -0.2) is 29.5 Å². The Hall–Kier alpha value is -0.120. The van der Waals surface area contributed by atoms with E-state index >= 15 is 0 Å². The predicted molar refractivity (Wildman–Crippen MR) is 101 cm³/mol. The monoisotopic (exact) mass is 329 g/mol. The van der Waals surface area contributed by atoms with Crippen LogP contribution < -0.4 is 5.73 Å². The first-order valence-electron chi connectivity index (χ1n) is 10.2. The Kier molecular flexibility index (Phi) is 18.1. The molecule has 0 fully saturated rings. The van der Waals surface area contributed by atoms with Crippen LogP contribution in [0.2, 0.25) is 0 Å². The number of aliphatic hydroxyl groups is 2. The lowest BCUT2D eigenvalue weighted by Gasteiger charge is -2.19. The second-order valence-electron chi connectivity index (χ2n) is 7.13. The molecule has 0 spiro atoms. The number of aliphatic hydroxyl groups excluding tert-OH is 2. The van der Waals surface area contributed by atoms with Crippen LogP contribution in [0.3, 0.4) is 0 Å². The van der Waals surface area contributed by atoms with Gasteiger partial charge in [0.15, 0.2) is 0 Å². The van der Waals surface area contributed by atoms with E-state index in [9.17, 15) is 10.2 Å². The highest BCUT2D eigenvalue weighted by molar-refractivity contribution is 4.68. The summed E-state index contributed by atoms with van der Waals surface area (Å²) in [5.74, 6) is -0.0303. The van der Waals surface area contributed by atoms with Gasteiger partial charge >= 0.3 is 0 Å². The van der Waals surface area contributed by atoms with Crippen molar-refractivity contribution in [3.63, 3.8) is 0 Å². The molecule has 0 aromatic carbocycles. The molecule has 0 aromatic heterocycles. The van der Waals surface area contributed by atoms with Gasteiger partial charge in [0.25, 0.3) is 0 Å². The molecule has 0 amide bonds. The number of hydrogen-bond donors (Lipinski definition) is 3. The van der Waals surface area contributed by atoms with Gasteiger partial charge in [0.2, 0.25) is 0 Å². The van der Waals surface area contributed by atoms with E-state index in [1.807, 2.05) is 0 Å². The Morgan fingerprint density at radius 3 is 1.43 bits per heavy atom. The minimum atomic E-state index is -0.540. The maximum atomic E-state index is 9.64. The van der Waals surface area contributed by atoms with E-state index in [0.717, 1.165) is 12.8 Å². The SMILES string of the molecule is CCCCCCCCCCCCCCCCC(CO)C(O)CN. The van der Waals surface area contributed by atoms with Crippen LogP contribution >= 0.6 is 0 Å². The molecule has 0 bridgehead atoms. The molecule has 0 saturated carbocycles. The van der Waals surface area contributed by atoms with Gasteiger partial charge in [0.05, 0.1) is 6.10 Å². The highest BCUT2D eigenvalue weighted by Crippen LogP contribution is 2.16. The number of rotatable bonds is 18. The number of hydrogen-bond acceptors (Lipinski definition) is 3. The van der Waals surface area contributed by atoms with E-state index < -0.39 is 6.10 Å². The van der Waals surface area contributed by atoms with Crippen molar-refractivity contribution in [3.8, 4) is 0 Å². The van der Waals surface area contributed by atoms with E-state index in [1.54, 1.807) is 0 Å². The number of nitrogens with two attached hydrogens (primary N) is 1. The van der Waals surface area contributed by atoms with Crippen molar-refractivity contribution >= 4 is 0 Å². The van der Waals surface area contributed by atoms with E-state index in [1.165, 1.54) is 83.5 Å². The molecule has 0 aromatic rings. The third-order valence-corrected chi connectivity index (χ3v) is 4.95. The summed E-state index contributed by atoms with van der Waals surface area (Å²) in [4.78, 5) is 0. The molecule has 0 rings (SSSR count). The zero-order valence-electron chi connectivity index (χ0n) is 15.6. The third kappa shape index (κ3) is 15.2. The van der Waals surface area contributed by atoms with Gasteiger partial charge < -0.3 is 15.9 Å². The fourth-order valence-electron chi connectivity index (χ4n) is 3.20. The summed E-state index contributed by atoms with van der Waals surface area (Å²) in [6.45, 7) is 2.58. The van der Waals surface area contributed by atoms with Crippen LogP contribution in [0.1, 0.15) is 103 Å². The molecule has 140 valence electrons. The maximum absolute atomic E-state index is 9.64. The van der Waals surface area contributed by atoms with E-state index in [0.29, 0.717) is 0 Å². The standard InChI is InChI=1S/C20H43NO2/c1-2-3-4-5-6-7-8-9-10-11-12-13-14-15-16-19(18-22)20(23)17-21/h19-20,22-23H,2-18,21H2,1H3. The molecule has 0 aliphatic rings. The lowest BCUT2D eigenvalue weighted by atomic mass is 9.95. The van der Waals surface area contributed by atoms with E-state index in [4.69, 9.17) is 5.73 Å². The quantitative estimate of drug-likeness (QED) is 0.317. The molecule has 0 radical (unpaired) electrons. The van der Waals surface area contributed by atoms with Gasteiger partial charge in [0.1, 0.15) is 0 Å². The van der Waals surface area contributed by atoms with Crippen molar-refractivity contribution in [1.82, 2.24) is 0 Å². The van der Waals surface area contributed by atoms with Crippen LogP contribution in [0.4, 0.5) is 0 Å². The molecular weight excluding hydrogens is 286 g/mol. The van der Waals surface area contributed by atoms with Gasteiger partial charge in [-0.05, 0) is 6.42 Å². The molecule has 3 heteroatoms. The molecule has 0 saturated heterocycles. The van der Waals surface area contributed by atoms with E-state index in [-0.39, 0.29) is 19.1 Å². The van der Waals surface area contributed by atoms with Crippen molar-refractivity contribution in [1.29, 1.82) is 0 Å². The zero-order valence-corrected chi connectivity index (χ0v) is 15.6. The maximum Gasteiger partial charge on any atom is 0.0712 e. The molecule has 23 heavy (non-hydrogen) atoms. The van der Waals surface area contributed by atoms with Gasteiger partial charge in [0, 0.05) is 19.1 Å². The first-order chi connectivity index (χ1) is 11.3.